The fourth-order valence-electron chi connectivity index (χ4n) is 3.11. The van der Waals surface area contributed by atoms with Crippen LogP contribution in [-0.4, -0.2) is 25.5 Å². The second-order valence-electron chi connectivity index (χ2n) is 7.13. The van der Waals surface area contributed by atoms with Crippen LogP contribution in [0, 0.1) is 20.8 Å². The number of amides is 1. The molecule has 29 heavy (non-hydrogen) atoms. The Morgan fingerprint density at radius 3 is 2.24 bits per heavy atom. The van der Waals surface area contributed by atoms with Gasteiger partial charge in [0, 0.05) is 23.0 Å². The molecule has 1 amide bonds. The molecule has 0 aliphatic carbocycles. The van der Waals surface area contributed by atoms with E-state index in [1.165, 1.54) is 10.6 Å². The lowest BCUT2D eigenvalue weighted by molar-refractivity contribution is 0.0984. The van der Waals surface area contributed by atoms with Gasteiger partial charge in [0.15, 0.2) is 0 Å². The van der Waals surface area contributed by atoms with Gasteiger partial charge in [-0.2, -0.15) is 9.50 Å². The highest BCUT2D eigenvalue weighted by atomic mass is 16.2. The standard InChI is InChI=1S/C22H21N5O2/c1-14-4-8-17(9-5-14)21(29)26(18-10-6-15(2)7-11-18)13-19-24-22-23-16(3)12-20(28)27(22)25-19/h4-12H,13H2,1-3H3,(H,23,24,25). The average Bonchev–Trinajstić information content (AvgIpc) is 3.10. The highest BCUT2D eigenvalue weighted by Crippen LogP contribution is 2.20. The zero-order valence-electron chi connectivity index (χ0n) is 16.5. The number of nitrogens with zero attached hydrogens (tertiary/aromatic N) is 4. The summed E-state index contributed by atoms with van der Waals surface area (Å²) in [6.45, 7) is 5.90. The summed E-state index contributed by atoms with van der Waals surface area (Å²) in [5.41, 5.74) is 3.88. The van der Waals surface area contributed by atoms with Crippen LogP contribution in [0.15, 0.2) is 59.4 Å². The first-order valence-corrected chi connectivity index (χ1v) is 9.31. The Bertz CT molecular complexity index is 1240. The minimum atomic E-state index is -0.238. The molecule has 4 aromatic rings. The van der Waals surface area contributed by atoms with Gasteiger partial charge >= 0.3 is 0 Å². The van der Waals surface area contributed by atoms with Crippen molar-refractivity contribution in [1.82, 2.24) is 19.6 Å². The summed E-state index contributed by atoms with van der Waals surface area (Å²) in [6, 6.07) is 16.6. The highest BCUT2D eigenvalue weighted by Gasteiger charge is 2.20. The Labute approximate surface area is 167 Å². The van der Waals surface area contributed by atoms with Crippen molar-refractivity contribution in [3.05, 3.63) is 93.2 Å². The van der Waals surface area contributed by atoms with Crippen molar-refractivity contribution in [1.29, 1.82) is 0 Å². The molecule has 1 N–H and O–H groups in total. The average molecular weight is 387 g/mol. The van der Waals surface area contributed by atoms with E-state index in [9.17, 15) is 9.59 Å². The molecule has 2 aromatic heterocycles. The van der Waals surface area contributed by atoms with Gasteiger partial charge in [-0.15, -0.1) is 0 Å². The van der Waals surface area contributed by atoms with E-state index >= 15 is 0 Å². The van der Waals surface area contributed by atoms with E-state index in [1.807, 2.05) is 62.4 Å². The van der Waals surface area contributed by atoms with Crippen LogP contribution in [0.5, 0.6) is 0 Å². The monoisotopic (exact) mass is 387 g/mol. The lowest BCUT2D eigenvalue weighted by Crippen LogP contribution is -2.31. The molecule has 0 spiro atoms. The summed E-state index contributed by atoms with van der Waals surface area (Å²) in [4.78, 5) is 35.8. The summed E-state index contributed by atoms with van der Waals surface area (Å²) in [7, 11) is 0. The normalized spacial score (nSPS) is 11.0. The van der Waals surface area contributed by atoms with E-state index in [4.69, 9.17) is 0 Å². The molecule has 0 aliphatic heterocycles. The number of H-pyrrole nitrogens is 1. The quantitative estimate of drug-likeness (QED) is 0.583. The Balaban J connectivity index is 1.75. The molecule has 0 saturated heterocycles. The fourth-order valence-corrected chi connectivity index (χ4v) is 3.11. The van der Waals surface area contributed by atoms with Crippen LogP contribution < -0.4 is 10.5 Å². The van der Waals surface area contributed by atoms with Crippen LogP contribution in [0.25, 0.3) is 5.78 Å². The van der Waals surface area contributed by atoms with Crippen molar-refractivity contribution < 1.29 is 4.79 Å². The molecule has 0 bridgehead atoms. The number of hydrogen-bond donors (Lipinski definition) is 1. The lowest BCUT2D eigenvalue weighted by Gasteiger charge is -2.22. The van der Waals surface area contributed by atoms with Crippen molar-refractivity contribution in [3.63, 3.8) is 0 Å². The summed E-state index contributed by atoms with van der Waals surface area (Å²) in [6.07, 6.45) is 0. The molecule has 0 aliphatic rings. The van der Waals surface area contributed by atoms with Gasteiger partial charge in [-0.3, -0.25) is 14.7 Å². The number of benzene rings is 2. The summed E-state index contributed by atoms with van der Waals surface area (Å²) in [5, 5.41) is 2.95. The minimum absolute atomic E-state index is 0.147. The van der Waals surface area contributed by atoms with Crippen LogP contribution in [0.3, 0.4) is 0 Å². The largest absolute Gasteiger partial charge is 0.301 e. The first kappa shape index (κ1) is 18.6. The van der Waals surface area contributed by atoms with Crippen LogP contribution in [0.1, 0.15) is 33.0 Å². The van der Waals surface area contributed by atoms with Gasteiger partial charge in [0.1, 0.15) is 5.82 Å². The Morgan fingerprint density at radius 2 is 1.59 bits per heavy atom. The molecule has 2 aromatic carbocycles. The Hall–Kier alpha value is -3.74. The summed E-state index contributed by atoms with van der Waals surface area (Å²) >= 11 is 0. The molecule has 7 heteroatoms. The van der Waals surface area contributed by atoms with E-state index in [-0.39, 0.29) is 23.8 Å². The number of carbonyl (C=O) groups is 1. The molecule has 0 atom stereocenters. The van der Waals surface area contributed by atoms with E-state index < -0.39 is 0 Å². The topological polar surface area (TPSA) is 83.4 Å². The molecule has 7 nitrogen and oxygen atoms in total. The number of rotatable bonds is 4. The highest BCUT2D eigenvalue weighted by molar-refractivity contribution is 6.06. The number of aromatic amines is 1. The third-order valence-electron chi connectivity index (χ3n) is 4.70. The predicted molar refractivity (Wildman–Crippen MR) is 111 cm³/mol. The van der Waals surface area contributed by atoms with E-state index in [0.717, 1.165) is 16.8 Å². The number of nitrogens with one attached hydrogen (secondary N) is 1. The molecular formula is C22H21N5O2. The minimum Gasteiger partial charge on any atom is -0.301 e. The van der Waals surface area contributed by atoms with Crippen molar-refractivity contribution in [3.8, 4) is 0 Å². The maximum atomic E-state index is 13.3. The first-order valence-electron chi connectivity index (χ1n) is 9.31. The fraction of sp³-hybridized carbons (Fsp3) is 0.182. The van der Waals surface area contributed by atoms with E-state index in [1.54, 1.807) is 11.8 Å². The molecule has 2 heterocycles. The molecular weight excluding hydrogens is 366 g/mol. The second kappa shape index (κ2) is 7.35. The number of hydrogen-bond acceptors (Lipinski definition) is 4. The maximum Gasteiger partial charge on any atom is 0.274 e. The molecule has 0 unspecified atom stereocenters. The number of fused-ring (bicyclic) bond motifs is 1. The zero-order valence-corrected chi connectivity index (χ0v) is 16.5. The van der Waals surface area contributed by atoms with Gasteiger partial charge in [0.2, 0.25) is 0 Å². The van der Waals surface area contributed by atoms with Gasteiger partial charge in [-0.05, 0) is 45.0 Å². The molecule has 0 radical (unpaired) electrons. The van der Waals surface area contributed by atoms with Crippen LogP contribution in [0.2, 0.25) is 0 Å². The summed E-state index contributed by atoms with van der Waals surface area (Å²) in [5.74, 6) is 0.615. The first-order chi connectivity index (χ1) is 13.9. The number of anilines is 1. The SMILES string of the molecule is Cc1ccc(C(=O)N(Cc2nc3nc(C)cc(=O)n3[nH]2)c2ccc(C)cc2)cc1. The van der Waals surface area contributed by atoms with Crippen molar-refractivity contribution in [2.75, 3.05) is 4.90 Å². The lowest BCUT2D eigenvalue weighted by atomic mass is 10.1. The van der Waals surface area contributed by atoms with E-state index in [2.05, 4.69) is 15.1 Å². The predicted octanol–water partition coefficient (Wildman–Crippen LogP) is 3.19. The number of carbonyl (C=O) groups excluding carboxylic acids is 1. The van der Waals surface area contributed by atoms with Crippen LogP contribution >= 0.6 is 0 Å². The van der Waals surface area contributed by atoms with Crippen molar-refractivity contribution in [2.24, 2.45) is 0 Å². The second-order valence-corrected chi connectivity index (χ2v) is 7.13. The van der Waals surface area contributed by atoms with Crippen molar-refractivity contribution in [2.45, 2.75) is 27.3 Å². The Kier molecular flexibility index (Phi) is 4.72. The van der Waals surface area contributed by atoms with Gasteiger partial charge in [-0.1, -0.05) is 35.4 Å². The number of aromatic nitrogens is 4. The Morgan fingerprint density at radius 1 is 0.966 bits per heavy atom. The van der Waals surface area contributed by atoms with E-state index in [0.29, 0.717) is 17.1 Å². The van der Waals surface area contributed by atoms with Crippen LogP contribution in [-0.2, 0) is 6.54 Å². The molecule has 0 fully saturated rings. The molecule has 4 rings (SSSR count). The molecule has 0 saturated carbocycles. The summed E-state index contributed by atoms with van der Waals surface area (Å²) < 4.78 is 1.28. The van der Waals surface area contributed by atoms with Gasteiger partial charge in [0.05, 0.1) is 6.54 Å². The third kappa shape index (κ3) is 3.80. The molecule has 146 valence electrons. The van der Waals surface area contributed by atoms with Crippen molar-refractivity contribution >= 4 is 17.4 Å². The smallest absolute Gasteiger partial charge is 0.274 e. The van der Waals surface area contributed by atoms with Gasteiger partial charge in [0.25, 0.3) is 17.2 Å². The van der Waals surface area contributed by atoms with Crippen LogP contribution in [0.4, 0.5) is 5.69 Å². The third-order valence-corrected chi connectivity index (χ3v) is 4.70. The van der Waals surface area contributed by atoms with Gasteiger partial charge in [-0.25, -0.2) is 4.98 Å². The van der Waals surface area contributed by atoms with Gasteiger partial charge < -0.3 is 4.90 Å². The maximum absolute atomic E-state index is 13.3. The zero-order chi connectivity index (χ0) is 20.5. The number of aryl methyl sites for hydroxylation is 3.